The normalized spacial score (nSPS) is 15.5. The molecule has 2 aromatic carbocycles. The summed E-state index contributed by atoms with van der Waals surface area (Å²) in [6, 6.07) is 12.2. The third-order valence-electron chi connectivity index (χ3n) is 4.38. The molecule has 0 atom stereocenters. The van der Waals surface area contributed by atoms with Crippen molar-refractivity contribution in [2.24, 2.45) is 0 Å². The van der Waals surface area contributed by atoms with Crippen molar-refractivity contribution in [1.29, 1.82) is 0 Å². The van der Waals surface area contributed by atoms with Crippen LogP contribution in [-0.4, -0.2) is 25.5 Å². The Morgan fingerprint density at radius 3 is 2.35 bits per heavy atom. The summed E-state index contributed by atoms with van der Waals surface area (Å²) in [5.74, 6) is -0.226. The van der Waals surface area contributed by atoms with Crippen LogP contribution in [0.25, 0.3) is 0 Å². The molecule has 0 heterocycles. The molecule has 7 heteroatoms. The van der Waals surface area contributed by atoms with E-state index in [-0.39, 0.29) is 16.5 Å². The minimum atomic E-state index is -3.55. The number of benzene rings is 2. The van der Waals surface area contributed by atoms with Gasteiger partial charge in [-0.25, -0.2) is 17.9 Å². The third-order valence-corrected chi connectivity index (χ3v) is 5.91. The lowest BCUT2D eigenvalue weighted by molar-refractivity contribution is 0.0696. The van der Waals surface area contributed by atoms with Crippen LogP contribution in [0.5, 0.6) is 11.5 Å². The van der Waals surface area contributed by atoms with Crippen LogP contribution < -0.4 is 9.46 Å². The van der Waals surface area contributed by atoms with Crippen molar-refractivity contribution in [3.63, 3.8) is 0 Å². The van der Waals surface area contributed by atoms with E-state index in [9.17, 15) is 13.2 Å². The summed E-state index contributed by atoms with van der Waals surface area (Å²) in [6.07, 6.45) is 5.01. The van der Waals surface area contributed by atoms with Gasteiger partial charge < -0.3 is 9.84 Å². The number of carboxylic acids is 1. The molecular formula is C19H21NO5S. The highest BCUT2D eigenvalue weighted by atomic mass is 32.2. The quantitative estimate of drug-likeness (QED) is 0.801. The van der Waals surface area contributed by atoms with Gasteiger partial charge in [0.25, 0.3) is 0 Å². The van der Waals surface area contributed by atoms with Gasteiger partial charge in [-0.3, -0.25) is 0 Å². The van der Waals surface area contributed by atoms with Crippen molar-refractivity contribution in [2.75, 3.05) is 0 Å². The molecule has 0 radical (unpaired) electrons. The fourth-order valence-electron chi connectivity index (χ4n) is 3.02. The molecule has 0 saturated heterocycles. The average molecular weight is 375 g/mol. The molecule has 2 N–H and O–H groups in total. The lowest BCUT2D eigenvalue weighted by Crippen LogP contribution is -2.36. The first-order valence-electron chi connectivity index (χ1n) is 8.58. The zero-order valence-corrected chi connectivity index (χ0v) is 15.0. The molecule has 1 aliphatic rings. The number of carbonyl (C=O) groups is 1. The Morgan fingerprint density at radius 2 is 1.69 bits per heavy atom. The fourth-order valence-corrected chi connectivity index (χ4v) is 4.33. The summed E-state index contributed by atoms with van der Waals surface area (Å²) >= 11 is 0. The van der Waals surface area contributed by atoms with Gasteiger partial charge in [-0.15, -0.1) is 0 Å². The molecule has 0 aromatic heterocycles. The van der Waals surface area contributed by atoms with E-state index in [2.05, 4.69) is 4.72 Å². The van der Waals surface area contributed by atoms with Crippen LogP contribution in [0.3, 0.4) is 0 Å². The smallest absolute Gasteiger partial charge is 0.335 e. The highest BCUT2D eigenvalue weighted by Crippen LogP contribution is 2.25. The Labute approximate surface area is 152 Å². The molecule has 0 amide bonds. The first-order valence-corrected chi connectivity index (χ1v) is 10.1. The first-order chi connectivity index (χ1) is 12.4. The predicted molar refractivity (Wildman–Crippen MR) is 97.1 cm³/mol. The first kappa shape index (κ1) is 18.4. The zero-order valence-electron chi connectivity index (χ0n) is 14.2. The van der Waals surface area contributed by atoms with E-state index in [0.29, 0.717) is 11.5 Å². The molecular weight excluding hydrogens is 354 g/mol. The van der Waals surface area contributed by atoms with E-state index >= 15 is 0 Å². The maximum atomic E-state index is 12.5. The predicted octanol–water partition coefficient (Wildman–Crippen LogP) is 3.79. The molecule has 1 saturated carbocycles. The maximum absolute atomic E-state index is 12.5. The second-order valence-corrected chi connectivity index (χ2v) is 8.08. The molecule has 3 rings (SSSR count). The number of hydrogen-bond acceptors (Lipinski definition) is 4. The van der Waals surface area contributed by atoms with Crippen molar-refractivity contribution in [2.45, 2.75) is 43.0 Å². The lowest BCUT2D eigenvalue weighted by Gasteiger charge is -2.22. The highest BCUT2D eigenvalue weighted by Gasteiger charge is 2.21. The highest BCUT2D eigenvalue weighted by molar-refractivity contribution is 7.89. The molecule has 0 spiro atoms. The van der Waals surface area contributed by atoms with Crippen LogP contribution in [-0.2, 0) is 10.0 Å². The van der Waals surface area contributed by atoms with Gasteiger partial charge in [-0.2, -0.15) is 0 Å². The van der Waals surface area contributed by atoms with Crippen LogP contribution in [0.1, 0.15) is 42.5 Å². The Morgan fingerprint density at radius 1 is 1.00 bits per heavy atom. The van der Waals surface area contributed by atoms with E-state index in [1.54, 1.807) is 24.3 Å². The van der Waals surface area contributed by atoms with E-state index < -0.39 is 16.0 Å². The van der Waals surface area contributed by atoms with E-state index in [4.69, 9.17) is 9.84 Å². The van der Waals surface area contributed by atoms with Gasteiger partial charge in [0.15, 0.2) is 0 Å². The van der Waals surface area contributed by atoms with Crippen molar-refractivity contribution in [3.8, 4) is 11.5 Å². The molecule has 1 fully saturated rings. The van der Waals surface area contributed by atoms with Crippen molar-refractivity contribution in [1.82, 2.24) is 4.72 Å². The van der Waals surface area contributed by atoms with Gasteiger partial charge in [-0.1, -0.05) is 25.3 Å². The van der Waals surface area contributed by atoms with E-state index in [1.165, 1.54) is 24.3 Å². The molecule has 138 valence electrons. The fraction of sp³-hybridized carbons (Fsp3) is 0.316. The summed E-state index contributed by atoms with van der Waals surface area (Å²) in [5, 5.41) is 9.01. The van der Waals surface area contributed by atoms with Crippen molar-refractivity contribution in [3.05, 3.63) is 54.1 Å². The standard InChI is InChI=1S/C19H21NO5S/c21-19(22)14-5-4-8-17(13-14)25-16-9-11-18(12-10-16)26(23,24)20-15-6-2-1-3-7-15/h4-5,8-13,15,20H,1-3,6-7H2,(H,21,22). The van der Waals surface area contributed by atoms with Crippen molar-refractivity contribution >= 4 is 16.0 Å². The molecule has 26 heavy (non-hydrogen) atoms. The summed E-state index contributed by atoms with van der Waals surface area (Å²) < 4.78 is 33.3. The molecule has 0 unspecified atom stereocenters. The monoisotopic (exact) mass is 375 g/mol. The maximum Gasteiger partial charge on any atom is 0.335 e. The minimum Gasteiger partial charge on any atom is -0.478 e. The van der Waals surface area contributed by atoms with Crippen LogP contribution in [0.15, 0.2) is 53.4 Å². The van der Waals surface area contributed by atoms with Crippen LogP contribution in [0.2, 0.25) is 0 Å². The average Bonchev–Trinajstić information content (AvgIpc) is 2.63. The Balaban J connectivity index is 1.69. The van der Waals surface area contributed by atoms with E-state index in [0.717, 1.165) is 32.1 Å². The molecule has 1 aliphatic carbocycles. The second kappa shape index (κ2) is 7.88. The Hall–Kier alpha value is -2.38. The summed E-state index contributed by atoms with van der Waals surface area (Å²) in [7, 11) is -3.55. The number of aromatic carboxylic acids is 1. The summed E-state index contributed by atoms with van der Waals surface area (Å²) in [4.78, 5) is 11.2. The van der Waals surface area contributed by atoms with Gasteiger partial charge in [0.1, 0.15) is 11.5 Å². The lowest BCUT2D eigenvalue weighted by atomic mass is 9.96. The number of rotatable bonds is 6. The van der Waals surface area contributed by atoms with E-state index in [1.807, 2.05) is 0 Å². The SMILES string of the molecule is O=C(O)c1cccc(Oc2ccc(S(=O)(=O)NC3CCCCC3)cc2)c1. The number of sulfonamides is 1. The minimum absolute atomic E-state index is 0.00318. The topological polar surface area (TPSA) is 92.7 Å². The second-order valence-electron chi connectivity index (χ2n) is 6.36. The Kier molecular flexibility index (Phi) is 5.58. The summed E-state index contributed by atoms with van der Waals surface area (Å²) in [6.45, 7) is 0. The van der Waals surface area contributed by atoms with Crippen LogP contribution in [0, 0.1) is 0 Å². The number of hydrogen-bond donors (Lipinski definition) is 2. The van der Waals surface area contributed by atoms with Gasteiger partial charge in [0.05, 0.1) is 10.5 Å². The number of nitrogens with one attached hydrogen (secondary N) is 1. The van der Waals surface area contributed by atoms with Gasteiger partial charge in [0.2, 0.25) is 10.0 Å². The Bertz CT molecular complexity index is 871. The molecule has 0 bridgehead atoms. The van der Waals surface area contributed by atoms with Crippen LogP contribution in [0.4, 0.5) is 0 Å². The zero-order chi connectivity index (χ0) is 18.6. The van der Waals surface area contributed by atoms with Gasteiger partial charge in [0, 0.05) is 6.04 Å². The summed E-state index contributed by atoms with van der Waals surface area (Å²) in [5.41, 5.74) is 0.123. The number of ether oxygens (including phenoxy) is 1. The molecule has 2 aromatic rings. The number of carboxylic acid groups (broad SMARTS) is 1. The van der Waals surface area contributed by atoms with Crippen LogP contribution >= 0.6 is 0 Å². The molecule has 0 aliphatic heterocycles. The largest absolute Gasteiger partial charge is 0.478 e. The molecule has 6 nitrogen and oxygen atoms in total. The van der Waals surface area contributed by atoms with Crippen molar-refractivity contribution < 1.29 is 23.1 Å². The van der Waals surface area contributed by atoms with Gasteiger partial charge in [-0.05, 0) is 55.3 Å². The van der Waals surface area contributed by atoms with Gasteiger partial charge >= 0.3 is 5.97 Å². The third kappa shape index (κ3) is 4.62.